The van der Waals surface area contributed by atoms with Crippen molar-refractivity contribution < 1.29 is 13.9 Å². The number of hydrogen-bond donors (Lipinski definition) is 0. The molecule has 0 amide bonds. The Bertz CT molecular complexity index is 593. The normalized spacial score (nSPS) is 10.9. The Kier molecular flexibility index (Phi) is 4.43. The molecule has 3 nitrogen and oxygen atoms in total. The fourth-order valence-corrected chi connectivity index (χ4v) is 2.50. The molecule has 96 valence electrons. The van der Waals surface area contributed by atoms with Crippen LogP contribution < -0.4 is 4.52 Å². The average Bonchev–Trinajstić information content (AvgIpc) is 2.48. The zero-order valence-electron chi connectivity index (χ0n) is 10.6. The van der Waals surface area contributed by atoms with Gasteiger partial charge in [-0.3, -0.25) is 0 Å². The molecule has 4 heteroatoms. The van der Waals surface area contributed by atoms with E-state index >= 15 is 0 Å². The van der Waals surface area contributed by atoms with Gasteiger partial charge in [-0.05, 0) is 34.7 Å². The highest BCUT2D eigenvalue weighted by atomic mass is 31.1. The second kappa shape index (κ2) is 6.26. The maximum Gasteiger partial charge on any atom is 0.641 e. The largest absolute Gasteiger partial charge is 0.641 e. The fraction of sp³-hybridized carbons (Fsp3) is 0.133. The van der Waals surface area contributed by atoms with Crippen LogP contribution in [-0.2, 0) is 11.0 Å². The van der Waals surface area contributed by atoms with E-state index in [9.17, 15) is 9.36 Å². The Morgan fingerprint density at radius 1 is 1.05 bits per heavy atom. The topological polar surface area (TPSA) is 43.4 Å². The van der Waals surface area contributed by atoms with Crippen LogP contribution in [0.4, 0.5) is 0 Å². The van der Waals surface area contributed by atoms with Gasteiger partial charge >= 0.3 is 13.6 Å². The first-order valence-electron chi connectivity index (χ1n) is 6.05. The summed E-state index contributed by atoms with van der Waals surface area (Å²) in [5.41, 5.74) is 0.853. The van der Waals surface area contributed by atoms with Gasteiger partial charge in [-0.1, -0.05) is 43.3 Å². The van der Waals surface area contributed by atoms with E-state index in [0.29, 0.717) is 11.3 Å². The highest BCUT2D eigenvalue weighted by Gasteiger charge is 2.34. The summed E-state index contributed by atoms with van der Waals surface area (Å²) in [5, 5.41) is 0. The van der Waals surface area contributed by atoms with E-state index in [-0.39, 0.29) is 0 Å². The molecule has 0 N–H and O–H groups in total. The van der Waals surface area contributed by atoms with Gasteiger partial charge in [0, 0.05) is 0 Å². The Labute approximate surface area is 113 Å². The van der Waals surface area contributed by atoms with Crippen LogP contribution in [0.3, 0.4) is 0 Å². The van der Waals surface area contributed by atoms with E-state index in [4.69, 9.17) is 4.52 Å². The third-order valence-electron chi connectivity index (χ3n) is 2.72. The molecule has 1 atom stereocenters. The molecule has 0 aliphatic rings. The van der Waals surface area contributed by atoms with Crippen LogP contribution in [-0.4, -0.2) is 5.52 Å². The minimum atomic E-state index is -2.41. The van der Waals surface area contributed by atoms with Crippen molar-refractivity contribution in [1.29, 1.82) is 0 Å². The molecule has 2 rings (SSSR count). The summed E-state index contributed by atoms with van der Waals surface area (Å²) in [7, 11) is -2.41. The molecular weight excluding hydrogens is 259 g/mol. The van der Waals surface area contributed by atoms with Crippen molar-refractivity contribution in [3.8, 4) is 5.75 Å². The SMILES string of the molecule is CCc1ccccc1O[P+](=O)C(=O)c1ccccc1. The molecule has 1 unspecified atom stereocenters. The van der Waals surface area contributed by atoms with Crippen LogP contribution in [0, 0.1) is 0 Å². The number of para-hydroxylation sites is 1. The first-order chi connectivity index (χ1) is 9.22. The quantitative estimate of drug-likeness (QED) is 0.766. The Morgan fingerprint density at radius 2 is 1.68 bits per heavy atom. The summed E-state index contributed by atoms with van der Waals surface area (Å²) in [6.07, 6.45) is 0.763. The standard InChI is InChI=1S/C15H14O3P/c1-2-12-8-6-7-11-14(12)18-19(17)15(16)13-9-4-3-5-10-13/h3-11H,2H2,1H3/q+1. The number of hydrogen-bond acceptors (Lipinski definition) is 3. The van der Waals surface area contributed by atoms with Crippen LogP contribution in [0.25, 0.3) is 0 Å². The predicted molar refractivity (Wildman–Crippen MR) is 74.8 cm³/mol. The number of aryl methyl sites for hydroxylation is 1. The zero-order chi connectivity index (χ0) is 13.7. The lowest BCUT2D eigenvalue weighted by molar-refractivity contribution is 0.107. The minimum absolute atomic E-state index is 0.401. The Morgan fingerprint density at radius 3 is 2.37 bits per heavy atom. The fourth-order valence-electron chi connectivity index (χ4n) is 1.70. The van der Waals surface area contributed by atoms with Gasteiger partial charge in [0.25, 0.3) is 0 Å². The molecule has 0 spiro atoms. The van der Waals surface area contributed by atoms with Gasteiger partial charge in [0.05, 0.1) is 5.56 Å². The predicted octanol–water partition coefficient (Wildman–Crippen LogP) is 4.21. The summed E-state index contributed by atoms with van der Waals surface area (Å²) >= 11 is 0. The van der Waals surface area contributed by atoms with E-state index in [0.717, 1.165) is 12.0 Å². The molecule has 0 aliphatic carbocycles. The minimum Gasteiger partial charge on any atom is -0.248 e. The van der Waals surface area contributed by atoms with Crippen molar-refractivity contribution in [3.05, 3.63) is 65.7 Å². The molecule has 0 heterocycles. The van der Waals surface area contributed by atoms with Crippen molar-refractivity contribution in [2.24, 2.45) is 0 Å². The second-order valence-electron chi connectivity index (χ2n) is 3.98. The third-order valence-corrected chi connectivity index (χ3v) is 3.67. The maximum atomic E-state index is 12.0. The molecule has 2 aromatic carbocycles. The highest BCUT2D eigenvalue weighted by molar-refractivity contribution is 7.60. The molecule has 0 saturated heterocycles. The van der Waals surface area contributed by atoms with Crippen LogP contribution >= 0.6 is 8.03 Å². The summed E-state index contributed by atoms with van der Waals surface area (Å²) in [5.74, 6) is 0.510. The van der Waals surface area contributed by atoms with Gasteiger partial charge in [-0.15, -0.1) is 0 Å². The van der Waals surface area contributed by atoms with Crippen molar-refractivity contribution in [2.75, 3.05) is 0 Å². The molecule has 0 radical (unpaired) electrons. The molecular formula is C15H14O3P+. The average molecular weight is 273 g/mol. The van der Waals surface area contributed by atoms with Gasteiger partial charge < -0.3 is 0 Å². The maximum absolute atomic E-state index is 12.0. The van der Waals surface area contributed by atoms with E-state index in [2.05, 4.69) is 0 Å². The van der Waals surface area contributed by atoms with Gasteiger partial charge in [-0.2, -0.15) is 0 Å². The van der Waals surface area contributed by atoms with E-state index in [1.165, 1.54) is 0 Å². The number of benzene rings is 2. The highest BCUT2D eigenvalue weighted by Crippen LogP contribution is 2.33. The monoisotopic (exact) mass is 273 g/mol. The Balaban J connectivity index is 2.16. The number of carbonyl (C=O) groups excluding carboxylic acids is 1. The van der Waals surface area contributed by atoms with Gasteiger partial charge in [-0.25, -0.2) is 9.32 Å². The van der Waals surface area contributed by atoms with Crippen LogP contribution in [0.1, 0.15) is 22.8 Å². The molecule has 0 aliphatic heterocycles. The summed E-state index contributed by atoms with van der Waals surface area (Å²) < 4.78 is 17.3. The lowest BCUT2D eigenvalue weighted by Gasteiger charge is -2.00. The van der Waals surface area contributed by atoms with E-state index in [1.807, 2.05) is 19.1 Å². The first kappa shape index (κ1) is 13.4. The molecule has 0 aromatic heterocycles. The van der Waals surface area contributed by atoms with Crippen molar-refractivity contribution in [3.63, 3.8) is 0 Å². The van der Waals surface area contributed by atoms with E-state index in [1.54, 1.807) is 42.5 Å². The van der Waals surface area contributed by atoms with Crippen LogP contribution in [0.2, 0.25) is 0 Å². The Hall–Kier alpha value is -1.99. The number of carbonyl (C=O) groups is 1. The third kappa shape index (κ3) is 3.27. The van der Waals surface area contributed by atoms with Crippen molar-refractivity contribution >= 4 is 13.6 Å². The van der Waals surface area contributed by atoms with Gasteiger partial charge in [0.2, 0.25) is 0 Å². The molecule has 0 saturated carbocycles. The first-order valence-corrected chi connectivity index (χ1v) is 7.22. The summed E-state index contributed by atoms with van der Waals surface area (Å²) in [6, 6.07) is 15.8. The summed E-state index contributed by atoms with van der Waals surface area (Å²) in [6.45, 7) is 1.98. The van der Waals surface area contributed by atoms with Crippen LogP contribution in [0.5, 0.6) is 5.75 Å². The van der Waals surface area contributed by atoms with Crippen LogP contribution in [0.15, 0.2) is 54.6 Å². The summed E-state index contributed by atoms with van der Waals surface area (Å²) in [4.78, 5) is 11.9. The van der Waals surface area contributed by atoms with Crippen molar-refractivity contribution in [2.45, 2.75) is 13.3 Å². The smallest absolute Gasteiger partial charge is 0.248 e. The molecule has 2 aromatic rings. The lowest BCUT2D eigenvalue weighted by atomic mass is 10.1. The number of rotatable bonds is 5. The molecule has 0 bridgehead atoms. The van der Waals surface area contributed by atoms with Crippen molar-refractivity contribution in [1.82, 2.24) is 0 Å². The zero-order valence-corrected chi connectivity index (χ0v) is 11.5. The lowest BCUT2D eigenvalue weighted by Crippen LogP contribution is -1.98. The molecule has 19 heavy (non-hydrogen) atoms. The van der Waals surface area contributed by atoms with E-state index < -0.39 is 13.6 Å². The van der Waals surface area contributed by atoms with Gasteiger partial charge in [0.1, 0.15) is 0 Å². The van der Waals surface area contributed by atoms with Gasteiger partial charge in [0.15, 0.2) is 5.75 Å². The molecule has 0 fully saturated rings. The second-order valence-corrected chi connectivity index (χ2v) is 5.08.